The van der Waals surface area contributed by atoms with Crippen LogP contribution in [0.5, 0.6) is 5.75 Å². The van der Waals surface area contributed by atoms with Crippen LogP contribution in [-0.4, -0.2) is 25.3 Å². The summed E-state index contributed by atoms with van der Waals surface area (Å²) in [5, 5.41) is 2.46. The van der Waals surface area contributed by atoms with Gasteiger partial charge in [-0.25, -0.2) is 4.79 Å². The van der Waals surface area contributed by atoms with E-state index < -0.39 is 29.5 Å². The van der Waals surface area contributed by atoms with E-state index in [1.165, 1.54) is 13.2 Å². The van der Waals surface area contributed by atoms with Crippen molar-refractivity contribution in [2.24, 2.45) is 5.73 Å². The number of halogens is 3. The molecule has 0 fully saturated rings. The summed E-state index contributed by atoms with van der Waals surface area (Å²) in [7, 11) is 1.33. The van der Waals surface area contributed by atoms with Gasteiger partial charge in [0.1, 0.15) is 11.4 Å². The molecule has 5 nitrogen and oxygen atoms in total. The third kappa shape index (κ3) is 5.63. The first-order chi connectivity index (χ1) is 10.5. The maximum atomic E-state index is 12.9. The Labute approximate surface area is 132 Å². The molecule has 0 aliphatic heterocycles. The van der Waals surface area contributed by atoms with Gasteiger partial charge in [-0.15, -0.1) is 0 Å². The number of hydrogen-bond acceptors (Lipinski definition) is 4. The van der Waals surface area contributed by atoms with Crippen molar-refractivity contribution in [3.63, 3.8) is 0 Å². The van der Waals surface area contributed by atoms with Crippen LogP contribution in [0.1, 0.15) is 37.9 Å². The number of nitrogens with two attached hydrogens (primary N) is 1. The molecule has 1 unspecified atom stereocenters. The summed E-state index contributed by atoms with van der Waals surface area (Å²) in [6.07, 6.45) is -5.28. The smallest absolute Gasteiger partial charge is 0.416 e. The Hall–Kier alpha value is -1.96. The van der Waals surface area contributed by atoms with Gasteiger partial charge in [0.2, 0.25) is 0 Å². The molecule has 0 saturated carbocycles. The van der Waals surface area contributed by atoms with Crippen LogP contribution in [-0.2, 0) is 10.9 Å². The largest absolute Gasteiger partial charge is 0.496 e. The molecule has 0 radical (unpaired) electrons. The van der Waals surface area contributed by atoms with Crippen molar-refractivity contribution in [3.8, 4) is 5.75 Å². The van der Waals surface area contributed by atoms with Crippen LogP contribution in [0.2, 0.25) is 0 Å². The monoisotopic (exact) mass is 334 g/mol. The van der Waals surface area contributed by atoms with Gasteiger partial charge in [0.25, 0.3) is 0 Å². The molecule has 130 valence electrons. The number of alkyl halides is 3. The SMILES string of the molecule is COc1ccc(C(F)(F)F)cc1C(CN)NC(=O)OC(C)(C)C. The fourth-order valence-corrected chi connectivity index (χ4v) is 1.90. The minimum Gasteiger partial charge on any atom is -0.496 e. The molecular formula is C15H21F3N2O3. The molecule has 23 heavy (non-hydrogen) atoms. The molecule has 0 saturated heterocycles. The number of ether oxygens (including phenoxy) is 2. The number of methoxy groups -OCH3 is 1. The number of carbonyl (C=O) groups is 1. The molecule has 0 aromatic heterocycles. The van der Waals surface area contributed by atoms with Gasteiger partial charge in [-0.2, -0.15) is 13.2 Å². The van der Waals surface area contributed by atoms with E-state index in [1.807, 2.05) is 0 Å². The molecule has 1 rings (SSSR count). The minimum absolute atomic E-state index is 0.114. The van der Waals surface area contributed by atoms with E-state index in [0.29, 0.717) is 0 Å². The number of alkyl carbamates (subject to hydrolysis) is 1. The van der Waals surface area contributed by atoms with E-state index in [4.69, 9.17) is 15.2 Å². The molecule has 1 atom stereocenters. The highest BCUT2D eigenvalue weighted by Gasteiger charge is 2.32. The van der Waals surface area contributed by atoms with Crippen molar-refractivity contribution in [1.82, 2.24) is 5.32 Å². The second-order valence-electron chi connectivity index (χ2n) is 5.89. The van der Waals surface area contributed by atoms with Crippen LogP contribution < -0.4 is 15.8 Å². The fraction of sp³-hybridized carbons (Fsp3) is 0.533. The Morgan fingerprint density at radius 1 is 1.30 bits per heavy atom. The summed E-state index contributed by atoms with van der Waals surface area (Å²) in [5.74, 6) is 0.199. The van der Waals surface area contributed by atoms with E-state index in [-0.39, 0.29) is 17.9 Å². The zero-order valence-electron chi connectivity index (χ0n) is 13.5. The average molecular weight is 334 g/mol. The quantitative estimate of drug-likeness (QED) is 0.886. The lowest BCUT2D eigenvalue weighted by molar-refractivity contribution is -0.137. The molecule has 1 amide bonds. The summed E-state index contributed by atoms with van der Waals surface area (Å²) in [6.45, 7) is 4.91. The highest BCUT2D eigenvalue weighted by Crippen LogP contribution is 2.34. The number of amides is 1. The summed E-state index contributed by atoms with van der Waals surface area (Å²) in [5.41, 5.74) is 4.14. The van der Waals surface area contributed by atoms with Crippen LogP contribution in [0.3, 0.4) is 0 Å². The van der Waals surface area contributed by atoms with Crippen LogP contribution >= 0.6 is 0 Å². The zero-order valence-corrected chi connectivity index (χ0v) is 13.5. The third-order valence-electron chi connectivity index (χ3n) is 2.86. The van der Waals surface area contributed by atoms with Crippen molar-refractivity contribution in [3.05, 3.63) is 29.3 Å². The predicted molar refractivity (Wildman–Crippen MR) is 79.2 cm³/mol. The normalized spacial score (nSPS) is 13.4. The first-order valence-electron chi connectivity index (χ1n) is 6.92. The Morgan fingerprint density at radius 2 is 1.91 bits per heavy atom. The predicted octanol–water partition coefficient (Wildman–Crippen LogP) is 3.24. The van der Waals surface area contributed by atoms with Gasteiger partial charge in [-0.1, -0.05) is 0 Å². The van der Waals surface area contributed by atoms with E-state index in [9.17, 15) is 18.0 Å². The summed E-state index contributed by atoms with van der Waals surface area (Å²) in [4.78, 5) is 11.8. The van der Waals surface area contributed by atoms with Crippen LogP contribution in [0, 0.1) is 0 Å². The number of carbonyl (C=O) groups excluding carboxylic acids is 1. The second-order valence-corrected chi connectivity index (χ2v) is 5.89. The summed E-state index contributed by atoms with van der Waals surface area (Å²) in [6, 6.07) is 2.14. The lowest BCUT2D eigenvalue weighted by atomic mass is 10.0. The third-order valence-corrected chi connectivity index (χ3v) is 2.86. The number of hydrogen-bond donors (Lipinski definition) is 2. The van der Waals surface area contributed by atoms with Gasteiger partial charge in [0.05, 0.1) is 18.7 Å². The van der Waals surface area contributed by atoms with Gasteiger partial charge in [-0.05, 0) is 39.0 Å². The maximum absolute atomic E-state index is 12.9. The topological polar surface area (TPSA) is 73.6 Å². The summed E-state index contributed by atoms with van der Waals surface area (Å²) >= 11 is 0. The second kappa shape index (κ2) is 7.08. The Morgan fingerprint density at radius 3 is 2.35 bits per heavy atom. The highest BCUT2D eigenvalue weighted by molar-refractivity contribution is 5.68. The molecule has 0 bridgehead atoms. The molecule has 3 N–H and O–H groups in total. The van der Waals surface area contributed by atoms with E-state index in [1.54, 1.807) is 20.8 Å². The van der Waals surface area contributed by atoms with Crippen LogP contribution in [0.4, 0.5) is 18.0 Å². The Balaban J connectivity index is 3.11. The molecule has 1 aromatic rings. The van der Waals surface area contributed by atoms with Crippen molar-refractivity contribution in [1.29, 1.82) is 0 Å². The van der Waals surface area contributed by atoms with Gasteiger partial charge >= 0.3 is 12.3 Å². The van der Waals surface area contributed by atoms with Crippen molar-refractivity contribution in [2.45, 2.75) is 38.6 Å². The van der Waals surface area contributed by atoms with Crippen LogP contribution in [0.25, 0.3) is 0 Å². The van der Waals surface area contributed by atoms with E-state index in [2.05, 4.69) is 5.32 Å². The molecule has 0 heterocycles. The van der Waals surface area contributed by atoms with Gasteiger partial charge in [-0.3, -0.25) is 0 Å². The van der Waals surface area contributed by atoms with Crippen molar-refractivity contribution < 1.29 is 27.4 Å². The molecule has 0 spiro atoms. The number of rotatable bonds is 4. The van der Waals surface area contributed by atoms with Crippen molar-refractivity contribution >= 4 is 6.09 Å². The Kier molecular flexibility index (Phi) is 5.87. The van der Waals surface area contributed by atoms with Gasteiger partial charge < -0.3 is 20.5 Å². The highest BCUT2D eigenvalue weighted by atomic mass is 19.4. The zero-order chi connectivity index (χ0) is 17.8. The molecule has 1 aromatic carbocycles. The first-order valence-corrected chi connectivity index (χ1v) is 6.92. The number of nitrogens with one attached hydrogen (secondary N) is 1. The lowest BCUT2D eigenvalue weighted by Crippen LogP contribution is -2.38. The van der Waals surface area contributed by atoms with Gasteiger partial charge in [0.15, 0.2) is 0 Å². The molecule has 0 aliphatic carbocycles. The maximum Gasteiger partial charge on any atom is 0.416 e. The standard InChI is InChI=1S/C15H21F3N2O3/c1-14(2,3)23-13(21)20-11(8-19)10-7-9(15(16,17)18)5-6-12(10)22-4/h5-7,11H,8,19H2,1-4H3,(H,20,21). The number of benzene rings is 1. The lowest BCUT2D eigenvalue weighted by Gasteiger charge is -2.24. The van der Waals surface area contributed by atoms with E-state index in [0.717, 1.165) is 12.1 Å². The van der Waals surface area contributed by atoms with Crippen molar-refractivity contribution in [2.75, 3.05) is 13.7 Å². The van der Waals surface area contributed by atoms with E-state index >= 15 is 0 Å². The molecule has 0 aliphatic rings. The first kappa shape index (κ1) is 19.1. The average Bonchev–Trinajstić information content (AvgIpc) is 2.41. The Bertz CT molecular complexity index is 554. The molecule has 8 heteroatoms. The molecular weight excluding hydrogens is 313 g/mol. The van der Waals surface area contributed by atoms with Gasteiger partial charge in [0, 0.05) is 12.1 Å². The van der Waals surface area contributed by atoms with Crippen LogP contribution in [0.15, 0.2) is 18.2 Å². The summed E-state index contributed by atoms with van der Waals surface area (Å²) < 4.78 is 48.8. The minimum atomic E-state index is -4.51. The fourth-order valence-electron chi connectivity index (χ4n) is 1.90.